The second-order valence-corrected chi connectivity index (χ2v) is 5.20. The van der Waals surface area contributed by atoms with Crippen LogP contribution >= 0.6 is 0 Å². The fraction of sp³-hybridized carbons (Fsp3) is 0.333. The molecule has 0 spiro atoms. The number of halogens is 4. The van der Waals surface area contributed by atoms with Crippen molar-refractivity contribution in [3.05, 3.63) is 47.4 Å². The molecule has 2 aromatic rings. The molecule has 8 heteroatoms. The van der Waals surface area contributed by atoms with E-state index in [4.69, 9.17) is 0 Å². The summed E-state index contributed by atoms with van der Waals surface area (Å²) in [5.41, 5.74) is -0.732. The number of hydrogen-bond donors (Lipinski definition) is 2. The summed E-state index contributed by atoms with van der Waals surface area (Å²) >= 11 is 0. The minimum atomic E-state index is -4.59. The van der Waals surface area contributed by atoms with Crippen LogP contribution in [0.4, 0.5) is 29.3 Å². The van der Waals surface area contributed by atoms with Crippen LogP contribution in [0, 0.1) is 5.82 Å². The van der Waals surface area contributed by atoms with Gasteiger partial charge in [0, 0.05) is 24.2 Å². The highest BCUT2D eigenvalue weighted by Crippen LogP contribution is 2.29. The first-order valence-corrected chi connectivity index (χ1v) is 6.96. The zero-order valence-electron chi connectivity index (χ0n) is 12.6. The summed E-state index contributed by atoms with van der Waals surface area (Å²) in [6.45, 7) is 3.54. The van der Waals surface area contributed by atoms with Crippen molar-refractivity contribution in [3.8, 4) is 0 Å². The molecule has 2 N–H and O–H groups in total. The Morgan fingerprint density at radius 3 is 2.43 bits per heavy atom. The standard InChI is InChI=1S/C15H16F4N4/c1-9(2)21-14-22-12(15(17,18)19)7-13(23-14)20-8-10-5-3-4-6-11(10)16/h3-7,9H,8H2,1-2H3,(H2,20,21,22,23). The van der Waals surface area contributed by atoms with Gasteiger partial charge in [0.2, 0.25) is 5.95 Å². The topological polar surface area (TPSA) is 49.8 Å². The summed E-state index contributed by atoms with van der Waals surface area (Å²) in [5, 5.41) is 5.43. The molecular formula is C15H16F4N4. The number of anilines is 2. The van der Waals surface area contributed by atoms with Gasteiger partial charge in [-0.25, -0.2) is 9.37 Å². The van der Waals surface area contributed by atoms with Crippen LogP contribution in [0.5, 0.6) is 0 Å². The van der Waals surface area contributed by atoms with Gasteiger partial charge >= 0.3 is 6.18 Å². The van der Waals surface area contributed by atoms with E-state index in [1.165, 1.54) is 12.1 Å². The number of benzene rings is 1. The van der Waals surface area contributed by atoms with Crippen LogP contribution in [0.3, 0.4) is 0 Å². The Bertz CT molecular complexity index is 671. The number of nitrogens with zero attached hydrogens (tertiary/aromatic N) is 2. The van der Waals surface area contributed by atoms with Gasteiger partial charge in [-0.05, 0) is 19.9 Å². The van der Waals surface area contributed by atoms with Gasteiger partial charge in [-0.1, -0.05) is 18.2 Å². The Morgan fingerprint density at radius 1 is 1.13 bits per heavy atom. The molecule has 4 nitrogen and oxygen atoms in total. The van der Waals surface area contributed by atoms with Crippen molar-refractivity contribution in [1.82, 2.24) is 9.97 Å². The second kappa shape index (κ2) is 6.80. The van der Waals surface area contributed by atoms with E-state index in [0.717, 1.165) is 6.07 Å². The SMILES string of the molecule is CC(C)Nc1nc(NCc2ccccc2F)cc(C(F)(F)F)n1. The number of hydrogen-bond acceptors (Lipinski definition) is 4. The largest absolute Gasteiger partial charge is 0.433 e. The fourth-order valence-corrected chi connectivity index (χ4v) is 1.83. The Labute approximate surface area is 131 Å². The Balaban J connectivity index is 2.24. The van der Waals surface area contributed by atoms with Crippen LogP contribution < -0.4 is 10.6 Å². The van der Waals surface area contributed by atoms with Crippen LogP contribution in [0.15, 0.2) is 30.3 Å². The summed E-state index contributed by atoms with van der Waals surface area (Å²) < 4.78 is 52.3. The van der Waals surface area contributed by atoms with Gasteiger partial charge in [0.1, 0.15) is 11.6 Å². The third-order valence-corrected chi connectivity index (χ3v) is 2.85. The van der Waals surface area contributed by atoms with E-state index in [1.807, 2.05) is 0 Å². The molecule has 23 heavy (non-hydrogen) atoms. The molecule has 1 aromatic carbocycles. The zero-order valence-corrected chi connectivity index (χ0v) is 12.6. The van der Waals surface area contributed by atoms with Crippen LogP contribution in [0.1, 0.15) is 25.1 Å². The lowest BCUT2D eigenvalue weighted by atomic mass is 10.2. The van der Waals surface area contributed by atoms with E-state index in [9.17, 15) is 17.6 Å². The molecule has 0 radical (unpaired) electrons. The smallest absolute Gasteiger partial charge is 0.366 e. The molecule has 0 saturated carbocycles. The normalized spacial score (nSPS) is 11.6. The number of aromatic nitrogens is 2. The lowest BCUT2D eigenvalue weighted by Gasteiger charge is -2.14. The minimum Gasteiger partial charge on any atom is -0.366 e. The van der Waals surface area contributed by atoms with Gasteiger partial charge in [0.15, 0.2) is 5.69 Å². The van der Waals surface area contributed by atoms with Crippen molar-refractivity contribution in [2.75, 3.05) is 10.6 Å². The molecule has 124 valence electrons. The van der Waals surface area contributed by atoms with Gasteiger partial charge in [-0.15, -0.1) is 0 Å². The Morgan fingerprint density at radius 2 is 1.83 bits per heavy atom. The summed E-state index contributed by atoms with van der Waals surface area (Å²) in [5.74, 6) is -0.602. The highest BCUT2D eigenvalue weighted by atomic mass is 19.4. The number of alkyl halides is 3. The summed E-state index contributed by atoms with van der Waals surface area (Å²) in [6.07, 6.45) is -4.59. The quantitative estimate of drug-likeness (QED) is 0.813. The highest BCUT2D eigenvalue weighted by Gasteiger charge is 2.33. The maximum Gasteiger partial charge on any atom is 0.433 e. The van der Waals surface area contributed by atoms with Crippen LogP contribution in [0.2, 0.25) is 0 Å². The molecule has 0 bridgehead atoms. The summed E-state index contributed by atoms with van der Waals surface area (Å²) in [4.78, 5) is 7.43. The molecule has 0 amide bonds. The third-order valence-electron chi connectivity index (χ3n) is 2.85. The second-order valence-electron chi connectivity index (χ2n) is 5.20. The summed E-state index contributed by atoms with van der Waals surface area (Å²) in [7, 11) is 0. The highest BCUT2D eigenvalue weighted by molar-refractivity contribution is 5.44. The molecule has 0 saturated heterocycles. The predicted octanol–water partition coefficient (Wildman–Crippen LogP) is 4.07. The first-order chi connectivity index (χ1) is 10.8. The molecular weight excluding hydrogens is 312 g/mol. The van der Waals surface area contributed by atoms with Crippen molar-refractivity contribution in [2.45, 2.75) is 32.6 Å². The molecule has 0 aliphatic rings. The van der Waals surface area contributed by atoms with E-state index < -0.39 is 17.7 Å². The van der Waals surface area contributed by atoms with E-state index in [1.54, 1.807) is 26.0 Å². The molecule has 0 atom stereocenters. The van der Waals surface area contributed by atoms with Crippen molar-refractivity contribution < 1.29 is 17.6 Å². The van der Waals surface area contributed by atoms with Gasteiger partial charge in [0.05, 0.1) is 0 Å². The molecule has 1 aromatic heterocycles. The molecule has 1 heterocycles. The van der Waals surface area contributed by atoms with Crippen LogP contribution in [-0.2, 0) is 12.7 Å². The van der Waals surface area contributed by atoms with Crippen molar-refractivity contribution >= 4 is 11.8 Å². The lowest BCUT2D eigenvalue weighted by molar-refractivity contribution is -0.141. The molecule has 2 rings (SSSR count). The van der Waals surface area contributed by atoms with Gasteiger partial charge in [-0.3, -0.25) is 0 Å². The van der Waals surface area contributed by atoms with E-state index >= 15 is 0 Å². The van der Waals surface area contributed by atoms with E-state index in [-0.39, 0.29) is 24.4 Å². The summed E-state index contributed by atoms with van der Waals surface area (Å²) in [6, 6.07) is 6.68. The first-order valence-electron chi connectivity index (χ1n) is 6.96. The minimum absolute atomic E-state index is 0.0160. The predicted molar refractivity (Wildman–Crippen MR) is 79.5 cm³/mol. The van der Waals surface area contributed by atoms with Crippen molar-refractivity contribution in [2.24, 2.45) is 0 Å². The van der Waals surface area contributed by atoms with Gasteiger partial charge in [0.25, 0.3) is 0 Å². The lowest BCUT2D eigenvalue weighted by Crippen LogP contribution is -2.17. The van der Waals surface area contributed by atoms with Crippen LogP contribution in [-0.4, -0.2) is 16.0 Å². The zero-order chi connectivity index (χ0) is 17.0. The van der Waals surface area contributed by atoms with E-state index in [2.05, 4.69) is 20.6 Å². The Kier molecular flexibility index (Phi) is 5.02. The maximum absolute atomic E-state index is 13.5. The maximum atomic E-state index is 13.5. The molecule has 0 aliphatic heterocycles. The van der Waals surface area contributed by atoms with Gasteiger partial charge in [-0.2, -0.15) is 18.2 Å². The number of nitrogens with one attached hydrogen (secondary N) is 2. The molecule has 0 unspecified atom stereocenters. The monoisotopic (exact) mass is 328 g/mol. The van der Waals surface area contributed by atoms with Crippen molar-refractivity contribution in [3.63, 3.8) is 0 Å². The van der Waals surface area contributed by atoms with Gasteiger partial charge < -0.3 is 10.6 Å². The fourth-order valence-electron chi connectivity index (χ4n) is 1.83. The molecule has 0 fully saturated rings. The molecule has 0 aliphatic carbocycles. The average Bonchev–Trinajstić information content (AvgIpc) is 2.44. The third kappa shape index (κ3) is 4.80. The first kappa shape index (κ1) is 17.0. The van der Waals surface area contributed by atoms with Crippen LogP contribution in [0.25, 0.3) is 0 Å². The van der Waals surface area contributed by atoms with E-state index in [0.29, 0.717) is 5.56 Å². The number of rotatable bonds is 5. The Hall–Kier alpha value is -2.38. The average molecular weight is 328 g/mol. The van der Waals surface area contributed by atoms with Crippen molar-refractivity contribution in [1.29, 1.82) is 0 Å².